The Morgan fingerprint density at radius 2 is 2.17 bits per heavy atom. The highest BCUT2D eigenvalue weighted by Gasteiger charge is 1.85. The summed E-state index contributed by atoms with van der Waals surface area (Å²) in [4.78, 5) is 10.4. The van der Waals surface area contributed by atoms with Crippen LogP contribution in [-0.4, -0.2) is 12.1 Å². The number of nitrogens with one attached hydrogen (secondary N) is 1. The van der Waals surface area contributed by atoms with Gasteiger partial charge in [-0.2, -0.15) is 5.10 Å². The molecule has 0 aromatic rings. The number of amides is 1. The van der Waals surface area contributed by atoms with Gasteiger partial charge in [0, 0.05) is 13.1 Å². The first-order chi connectivity index (χ1) is 5.77. The van der Waals surface area contributed by atoms with Crippen LogP contribution in [0.25, 0.3) is 0 Å². The number of hydrazone groups is 1. The van der Waals surface area contributed by atoms with Crippen LogP contribution in [0.15, 0.2) is 5.10 Å². The van der Waals surface area contributed by atoms with Crippen LogP contribution in [0.1, 0.15) is 46.0 Å². The minimum Gasteiger partial charge on any atom is -0.274 e. The summed E-state index contributed by atoms with van der Waals surface area (Å²) in [5.41, 5.74) is 2.37. The molecule has 0 aromatic heterocycles. The van der Waals surface area contributed by atoms with E-state index in [0.29, 0.717) is 0 Å². The molecule has 0 saturated carbocycles. The lowest BCUT2D eigenvalue weighted by molar-refractivity contribution is -0.118. The second kappa shape index (κ2) is 8.24. The number of hydrogen-bond acceptors (Lipinski definition) is 2. The number of rotatable bonds is 6. The maximum Gasteiger partial charge on any atom is 0.236 e. The van der Waals surface area contributed by atoms with Crippen molar-refractivity contribution < 1.29 is 4.79 Å². The molecule has 0 rings (SSSR count). The zero-order valence-corrected chi connectivity index (χ0v) is 7.97. The smallest absolute Gasteiger partial charge is 0.236 e. The fraction of sp³-hybridized carbons (Fsp3) is 0.778. The van der Waals surface area contributed by atoms with Gasteiger partial charge in [0.05, 0.1) is 0 Å². The Hall–Kier alpha value is -0.860. The predicted octanol–water partition coefficient (Wildman–Crippen LogP) is 2.08. The molecule has 0 heterocycles. The second-order valence-corrected chi connectivity index (χ2v) is 2.83. The van der Waals surface area contributed by atoms with Crippen LogP contribution in [-0.2, 0) is 4.79 Å². The molecule has 0 aliphatic rings. The molecule has 1 N–H and O–H groups in total. The van der Waals surface area contributed by atoms with Crippen LogP contribution in [0.4, 0.5) is 0 Å². The van der Waals surface area contributed by atoms with E-state index in [4.69, 9.17) is 0 Å². The van der Waals surface area contributed by atoms with Gasteiger partial charge in [0.1, 0.15) is 0 Å². The standard InChI is InChI=1S/C9H18N2O/c1-3-4-5-6-7-8-10-11-9(2)12/h8H,3-7H2,1-2H3,(H,11,12)/b10-8+. The quantitative estimate of drug-likeness (QED) is 0.370. The van der Waals surface area contributed by atoms with Crippen LogP contribution in [0, 0.1) is 0 Å². The lowest BCUT2D eigenvalue weighted by atomic mass is 10.2. The summed E-state index contributed by atoms with van der Waals surface area (Å²) in [6.45, 7) is 3.64. The second-order valence-electron chi connectivity index (χ2n) is 2.83. The molecule has 0 radical (unpaired) electrons. The first-order valence-electron chi connectivity index (χ1n) is 4.55. The first kappa shape index (κ1) is 11.1. The van der Waals surface area contributed by atoms with Crippen LogP contribution >= 0.6 is 0 Å². The van der Waals surface area contributed by atoms with Crippen molar-refractivity contribution in [1.29, 1.82) is 0 Å². The van der Waals surface area contributed by atoms with Gasteiger partial charge in [-0.25, -0.2) is 5.43 Å². The summed E-state index contributed by atoms with van der Waals surface area (Å²) in [6, 6.07) is 0. The number of unbranched alkanes of at least 4 members (excludes halogenated alkanes) is 4. The highest BCUT2D eigenvalue weighted by atomic mass is 16.2. The van der Waals surface area contributed by atoms with Gasteiger partial charge in [-0.05, 0) is 12.8 Å². The SMILES string of the molecule is CCCCCC/C=N/NC(C)=O. The Morgan fingerprint density at radius 1 is 1.42 bits per heavy atom. The molecule has 3 nitrogen and oxygen atoms in total. The van der Waals surface area contributed by atoms with Crippen LogP contribution in [0.3, 0.4) is 0 Å². The topological polar surface area (TPSA) is 41.5 Å². The molecule has 0 unspecified atom stereocenters. The molecule has 1 amide bonds. The van der Waals surface area contributed by atoms with Gasteiger partial charge in [0.25, 0.3) is 0 Å². The van der Waals surface area contributed by atoms with E-state index in [1.165, 1.54) is 26.2 Å². The summed E-state index contributed by atoms with van der Waals surface area (Å²) in [5, 5.41) is 3.74. The maximum atomic E-state index is 10.4. The van der Waals surface area contributed by atoms with Crippen molar-refractivity contribution in [1.82, 2.24) is 5.43 Å². The summed E-state index contributed by atoms with van der Waals surface area (Å²) >= 11 is 0. The van der Waals surface area contributed by atoms with Gasteiger partial charge >= 0.3 is 0 Å². The van der Waals surface area contributed by atoms with Crippen molar-refractivity contribution in [2.45, 2.75) is 46.0 Å². The van der Waals surface area contributed by atoms with E-state index in [-0.39, 0.29) is 5.91 Å². The number of nitrogens with zero attached hydrogens (tertiary/aromatic N) is 1. The fourth-order valence-electron chi connectivity index (χ4n) is 0.863. The predicted molar refractivity (Wildman–Crippen MR) is 51.1 cm³/mol. The Kier molecular flexibility index (Phi) is 7.65. The van der Waals surface area contributed by atoms with Crippen LogP contribution in [0.2, 0.25) is 0 Å². The van der Waals surface area contributed by atoms with Gasteiger partial charge in [0.15, 0.2) is 0 Å². The van der Waals surface area contributed by atoms with Crippen molar-refractivity contribution in [3.05, 3.63) is 0 Å². The average molecular weight is 170 g/mol. The Balaban J connectivity index is 3.08. The van der Waals surface area contributed by atoms with Gasteiger partial charge in [-0.1, -0.05) is 26.2 Å². The van der Waals surface area contributed by atoms with E-state index in [0.717, 1.165) is 12.8 Å². The highest BCUT2D eigenvalue weighted by Crippen LogP contribution is 1.99. The van der Waals surface area contributed by atoms with E-state index in [1.807, 2.05) is 0 Å². The Bertz CT molecular complexity index is 143. The number of hydrogen-bond donors (Lipinski definition) is 1. The molecule has 0 spiro atoms. The molecular weight excluding hydrogens is 152 g/mol. The van der Waals surface area contributed by atoms with Crippen molar-refractivity contribution >= 4 is 12.1 Å². The van der Waals surface area contributed by atoms with E-state index in [1.54, 1.807) is 6.21 Å². The maximum absolute atomic E-state index is 10.4. The molecule has 3 heteroatoms. The van der Waals surface area contributed by atoms with Gasteiger partial charge in [-0.3, -0.25) is 4.79 Å². The van der Waals surface area contributed by atoms with Crippen molar-refractivity contribution in [2.75, 3.05) is 0 Å². The Labute approximate surface area is 74.2 Å². The molecule has 0 aliphatic heterocycles. The molecule has 0 aliphatic carbocycles. The normalized spacial score (nSPS) is 10.5. The van der Waals surface area contributed by atoms with E-state index < -0.39 is 0 Å². The lowest BCUT2D eigenvalue weighted by Crippen LogP contribution is -2.11. The first-order valence-corrected chi connectivity index (χ1v) is 4.55. The van der Waals surface area contributed by atoms with Crippen LogP contribution < -0.4 is 5.43 Å². The molecule has 0 aromatic carbocycles. The van der Waals surface area contributed by atoms with Crippen LogP contribution in [0.5, 0.6) is 0 Å². The molecule has 0 atom stereocenters. The monoisotopic (exact) mass is 170 g/mol. The summed E-state index contributed by atoms with van der Waals surface area (Å²) in [7, 11) is 0. The van der Waals surface area contributed by atoms with E-state index in [9.17, 15) is 4.79 Å². The minimum absolute atomic E-state index is 0.111. The Morgan fingerprint density at radius 3 is 2.75 bits per heavy atom. The third kappa shape index (κ3) is 9.14. The molecule has 70 valence electrons. The zero-order valence-electron chi connectivity index (χ0n) is 7.97. The van der Waals surface area contributed by atoms with Crippen molar-refractivity contribution in [2.24, 2.45) is 5.10 Å². The van der Waals surface area contributed by atoms with Crippen molar-refractivity contribution in [3.63, 3.8) is 0 Å². The average Bonchev–Trinajstić information content (AvgIpc) is 2.02. The molecule has 0 fully saturated rings. The number of carbonyl (C=O) groups is 1. The fourth-order valence-corrected chi connectivity index (χ4v) is 0.863. The van der Waals surface area contributed by atoms with Gasteiger partial charge < -0.3 is 0 Å². The largest absolute Gasteiger partial charge is 0.274 e. The van der Waals surface area contributed by atoms with Gasteiger partial charge in [-0.15, -0.1) is 0 Å². The third-order valence-corrected chi connectivity index (χ3v) is 1.50. The van der Waals surface area contributed by atoms with E-state index in [2.05, 4.69) is 17.5 Å². The summed E-state index contributed by atoms with van der Waals surface area (Å²) in [5.74, 6) is -0.111. The minimum atomic E-state index is -0.111. The summed E-state index contributed by atoms with van der Waals surface area (Å²) < 4.78 is 0. The zero-order chi connectivity index (χ0) is 9.23. The lowest BCUT2D eigenvalue weighted by Gasteiger charge is -1.94. The van der Waals surface area contributed by atoms with E-state index >= 15 is 0 Å². The molecule has 12 heavy (non-hydrogen) atoms. The van der Waals surface area contributed by atoms with Gasteiger partial charge in [0.2, 0.25) is 5.91 Å². The third-order valence-electron chi connectivity index (χ3n) is 1.50. The van der Waals surface area contributed by atoms with Crippen molar-refractivity contribution in [3.8, 4) is 0 Å². The molecule has 0 saturated heterocycles. The highest BCUT2D eigenvalue weighted by molar-refractivity contribution is 5.73. The number of carbonyl (C=O) groups excluding carboxylic acids is 1. The molecular formula is C9H18N2O. The molecule has 0 bridgehead atoms. The summed E-state index contributed by atoms with van der Waals surface area (Å²) in [6.07, 6.45) is 7.67.